The fourth-order valence-electron chi connectivity index (χ4n) is 2.96. The van der Waals surface area contributed by atoms with Crippen molar-refractivity contribution in [1.82, 2.24) is 9.78 Å². The van der Waals surface area contributed by atoms with Crippen molar-refractivity contribution >= 4 is 16.7 Å². The minimum atomic E-state index is -5.04. The van der Waals surface area contributed by atoms with E-state index in [1.54, 1.807) is 24.3 Å². The average molecular weight is 403 g/mol. The number of aromatic nitrogens is 2. The Kier molecular flexibility index (Phi) is 4.00. The van der Waals surface area contributed by atoms with E-state index in [9.17, 15) is 28.2 Å². The molecule has 0 saturated carbocycles. The normalized spacial score (nSPS) is 11.8. The van der Waals surface area contributed by atoms with Gasteiger partial charge in [-0.3, -0.25) is 4.79 Å². The van der Waals surface area contributed by atoms with Crippen molar-refractivity contribution < 1.29 is 27.8 Å². The van der Waals surface area contributed by atoms with Crippen LogP contribution in [-0.2, 0) is 6.18 Å². The predicted molar refractivity (Wildman–Crippen MR) is 97.8 cm³/mol. The molecule has 0 aliphatic rings. The number of benzene rings is 2. The summed E-state index contributed by atoms with van der Waals surface area (Å²) in [6, 6.07) is 8.54. The molecule has 0 atom stereocenters. The van der Waals surface area contributed by atoms with Crippen LogP contribution < -0.4 is 11.2 Å². The topological polar surface area (TPSA) is 115 Å². The number of anilines is 1. The number of rotatable bonds is 2. The summed E-state index contributed by atoms with van der Waals surface area (Å²) in [7, 11) is 0. The largest absolute Gasteiger partial charge is 0.504 e. The molecule has 2 aromatic carbocycles. The van der Waals surface area contributed by atoms with Gasteiger partial charge in [-0.15, -0.1) is 0 Å². The first kappa shape index (κ1) is 18.4. The minimum Gasteiger partial charge on any atom is -0.504 e. The molecule has 29 heavy (non-hydrogen) atoms. The van der Waals surface area contributed by atoms with Crippen molar-refractivity contribution in [3.63, 3.8) is 0 Å². The molecule has 0 spiro atoms. The van der Waals surface area contributed by atoms with E-state index in [1.807, 2.05) is 0 Å². The lowest BCUT2D eigenvalue weighted by Crippen LogP contribution is -2.15. The lowest BCUT2D eigenvalue weighted by atomic mass is 10.0. The summed E-state index contributed by atoms with van der Waals surface area (Å²) in [6.07, 6.45) is -2.71. The molecular formula is C19H12F3N3O4. The smallest absolute Gasteiger partial charge is 0.450 e. The van der Waals surface area contributed by atoms with Crippen LogP contribution >= 0.6 is 0 Å². The van der Waals surface area contributed by atoms with Crippen LogP contribution in [0.1, 0.15) is 5.76 Å². The average Bonchev–Trinajstić information content (AvgIpc) is 3.13. The molecule has 0 aliphatic heterocycles. The van der Waals surface area contributed by atoms with Gasteiger partial charge in [0.05, 0.1) is 22.8 Å². The number of nitrogens with two attached hydrogens (primary N) is 1. The van der Waals surface area contributed by atoms with E-state index in [0.717, 1.165) is 18.3 Å². The van der Waals surface area contributed by atoms with E-state index in [2.05, 4.69) is 5.10 Å². The summed E-state index contributed by atoms with van der Waals surface area (Å²) < 4.78 is 47.0. The van der Waals surface area contributed by atoms with Crippen molar-refractivity contribution in [2.75, 3.05) is 5.73 Å². The maximum Gasteiger partial charge on any atom is 0.450 e. The third-order valence-corrected chi connectivity index (χ3v) is 4.28. The number of phenols is 2. The van der Waals surface area contributed by atoms with Crippen molar-refractivity contribution in [1.29, 1.82) is 0 Å². The number of nitrogen functional groups attached to an aromatic ring is 1. The number of fused-ring (bicyclic) bond motifs is 1. The van der Waals surface area contributed by atoms with Crippen LogP contribution in [0.2, 0.25) is 0 Å². The first-order valence-corrected chi connectivity index (χ1v) is 8.16. The maximum absolute atomic E-state index is 13.6. The van der Waals surface area contributed by atoms with Gasteiger partial charge in [0.25, 0.3) is 0 Å². The quantitative estimate of drug-likeness (QED) is 0.348. The van der Waals surface area contributed by atoms with E-state index in [4.69, 9.17) is 10.2 Å². The van der Waals surface area contributed by atoms with Crippen LogP contribution in [0.3, 0.4) is 0 Å². The molecule has 2 aromatic heterocycles. The molecule has 4 aromatic rings. The zero-order valence-electron chi connectivity index (χ0n) is 14.4. The van der Waals surface area contributed by atoms with Crippen molar-refractivity contribution in [3.8, 4) is 28.3 Å². The van der Waals surface area contributed by atoms with Crippen LogP contribution in [0.4, 0.5) is 18.9 Å². The predicted octanol–water partition coefficient (Wildman–Crippen LogP) is 3.66. The highest BCUT2D eigenvalue weighted by molar-refractivity contribution is 5.88. The summed E-state index contributed by atoms with van der Waals surface area (Å²) in [6.45, 7) is 0. The van der Waals surface area contributed by atoms with Crippen LogP contribution in [0, 0.1) is 0 Å². The third-order valence-electron chi connectivity index (χ3n) is 4.28. The summed E-state index contributed by atoms with van der Waals surface area (Å²) in [4.78, 5) is 12.9. The number of halogens is 3. The number of aromatic hydroxyl groups is 2. The molecular weight excluding hydrogens is 391 g/mol. The molecule has 2 heterocycles. The van der Waals surface area contributed by atoms with E-state index in [-0.39, 0.29) is 10.9 Å². The highest BCUT2D eigenvalue weighted by Crippen LogP contribution is 2.40. The monoisotopic (exact) mass is 403 g/mol. The van der Waals surface area contributed by atoms with Crippen molar-refractivity contribution in [2.45, 2.75) is 6.18 Å². The number of hydrogen-bond donors (Lipinski definition) is 3. The van der Waals surface area contributed by atoms with Gasteiger partial charge in [0.2, 0.25) is 16.9 Å². The Hall–Kier alpha value is -3.95. The van der Waals surface area contributed by atoms with Gasteiger partial charge in [-0.05, 0) is 30.3 Å². The molecule has 7 nitrogen and oxygen atoms in total. The third kappa shape index (κ3) is 3.04. The zero-order valence-corrected chi connectivity index (χ0v) is 14.4. The highest BCUT2D eigenvalue weighted by Gasteiger charge is 2.40. The molecule has 0 radical (unpaired) electrons. The fourth-order valence-corrected chi connectivity index (χ4v) is 2.96. The molecule has 10 heteroatoms. The lowest BCUT2D eigenvalue weighted by Gasteiger charge is -2.12. The van der Waals surface area contributed by atoms with Crippen LogP contribution in [-0.4, -0.2) is 20.0 Å². The Bertz CT molecular complexity index is 1310. The Morgan fingerprint density at radius 1 is 1.14 bits per heavy atom. The standard InChI is InChI=1S/C19H12F3N3O4/c20-19(21,22)18-14(15(27)12-4-5-13(26)16(28)17(12)29-18)9-7-24-25(8-9)11-3-1-2-10(23)6-11/h1-8,26,28H,23H2. The molecule has 0 unspecified atom stereocenters. The molecule has 0 saturated heterocycles. The van der Waals surface area contributed by atoms with Gasteiger partial charge in [0, 0.05) is 17.4 Å². The maximum atomic E-state index is 13.6. The Morgan fingerprint density at radius 2 is 1.90 bits per heavy atom. The van der Waals surface area contributed by atoms with Gasteiger partial charge in [0.15, 0.2) is 11.3 Å². The zero-order chi connectivity index (χ0) is 20.9. The van der Waals surface area contributed by atoms with Gasteiger partial charge in [-0.1, -0.05) is 6.07 Å². The van der Waals surface area contributed by atoms with Gasteiger partial charge in [-0.2, -0.15) is 18.3 Å². The second kappa shape index (κ2) is 6.30. The number of alkyl halides is 3. The molecule has 4 N–H and O–H groups in total. The van der Waals surface area contributed by atoms with E-state index in [0.29, 0.717) is 11.4 Å². The number of phenolic OH excluding ortho intramolecular Hbond substituents is 2. The molecule has 4 rings (SSSR count). The first-order chi connectivity index (χ1) is 13.7. The summed E-state index contributed by atoms with van der Waals surface area (Å²) in [5, 5.41) is 23.0. The van der Waals surface area contributed by atoms with Crippen molar-refractivity contribution in [2.24, 2.45) is 0 Å². The first-order valence-electron chi connectivity index (χ1n) is 8.16. The van der Waals surface area contributed by atoms with E-state index < -0.39 is 40.0 Å². The van der Waals surface area contributed by atoms with Gasteiger partial charge in [0.1, 0.15) is 0 Å². The molecule has 0 fully saturated rings. The molecule has 0 bridgehead atoms. The highest BCUT2D eigenvalue weighted by atomic mass is 19.4. The minimum absolute atomic E-state index is 0.136. The van der Waals surface area contributed by atoms with Crippen LogP contribution in [0.15, 0.2) is 58.0 Å². The summed E-state index contributed by atoms with van der Waals surface area (Å²) >= 11 is 0. The van der Waals surface area contributed by atoms with Crippen LogP contribution in [0.5, 0.6) is 11.5 Å². The lowest BCUT2D eigenvalue weighted by molar-refractivity contribution is -0.152. The molecule has 0 aliphatic carbocycles. The fraction of sp³-hybridized carbons (Fsp3) is 0.0526. The second-order valence-corrected chi connectivity index (χ2v) is 6.21. The van der Waals surface area contributed by atoms with E-state index in [1.165, 1.54) is 10.9 Å². The molecule has 148 valence electrons. The summed E-state index contributed by atoms with van der Waals surface area (Å²) in [5.74, 6) is -3.27. The number of hydrogen-bond acceptors (Lipinski definition) is 6. The van der Waals surface area contributed by atoms with Crippen molar-refractivity contribution in [3.05, 3.63) is 64.8 Å². The van der Waals surface area contributed by atoms with Gasteiger partial charge >= 0.3 is 6.18 Å². The number of nitrogens with zero attached hydrogens (tertiary/aromatic N) is 2. The van der Waals surface area contributed by atoms with Crippen LogP contribution in [0.25, 0.3) is 27.8 Å². The Labute approximate surface area is 160 Å². The Balaban J connectivity index is 2.00. The SMILES string of the molecule is Nc1cccc(-n2cc(-c3c(C(F)(F)F)oc4c(O)c(O)ccc4c3=O)cn2)c1. The Morgan fingerprint density at radius 3 is 2.59 bits per heavy atom. The molecule has 0 amide bonds. The second-order valence-electron chi connectivity index (χ2n) is 6.21. The van der Waals surface area contributed by atoms with Gasteiger partial charge < -0.3 is 20.4 Å². The summed E-state index contributed by atoms with van der Waals surface area (Å²) in [5.41, 5.74) is 3.94. The van der Waals surface area contributed by atoms with Gasteiger partial charge in [-0.25, -0.2) is 4.68 Å². The van der Waals surface area contributed by atoms with E-state index >= 15 is 0 Å².